The van der Waals surface area contributed by atoms with E-state index in [1.165, 1.54) is 0 Å². The average molecular weight is 302 g/mol. The molecule has 1 aliphatic heterocycles. The van der Waals surface area contributed by atoms with Gasteiger partial charge in [-0.15, -0.1) is 0 Å². The highest BCUT2D eigenvalue weighted by Crippen LogP contribution is 2.19. The molecule has 1 amide bonds. The van der Waals surface area contributed by atoms with Crippen LogP contribution in [0.5, 0.6) is 0 Å². The van der Waals surface area contributed by atoms with Crippen LogP contribution in [-0.4, -0.2) is 52.6 Å². The van der Waals surface area contributed by atoms with Crippen molar-refractivity contribution in [2.75, 3.05) is 36.4 Å². The van der Waals surface area contributed by atoms with Crippen LogP contribution in [0.1, 0.15) is 11.5 Å². The molecule has 8 nitrogen and oxygen atoms in total. The van der Waals surface area contributed by atoms with Gasteiger partial charge in [0.2, 0.25) is 12.4 Å². The number of hydrogen-bond donors (Lipinski definition) is 1. The Bertz CT molecular complexity index is 663. The van der Waals surface area contributed by atoms with Crippen LogP contribution in [0.25, 0.3) is 0 Å². The summed E-state index contributed by atoms with van der Waals surface area (Å²) < 4.78 is 5.02. The lowest BCUT2D eigenvalue weighted by atomic mass is 10.3. The Morgan fingerprint density at radius 1 is 1.18 bits per heavy atom. The van der Waals surface area contributed by atoms with E-state index in [0.29, 0.717) is 24.9 Å². The van der Waals surface area contributed by atoms with Crippen LogP contribution in [0.2, 0.25) is 0 Å². The summed E-state index contributed by atoms with van der Waals surface area (Å²) in [4.78, 5) is 23.6. The van der Waals surface area contributed by atoms with E-state index in [1.54, 1.807) is 11.0 Å². The number of aryl methyl sites for hydroxylation is 2. The summed E-state index contributed by atoms with van der Waals surface area (Å²) in [6.07, 6.45) is 0.891. The lowest BCUT2D eigenvalue weighted by molar-refractivity contribution is -0.118. The quantitative estimate of drug-likeness (QED) is 0.846. The number of amides is 1. The van der Waals surface area contributed by atoms with E-state index in [-0.39, 0.29) is 0 Å². The molecule has 0 aliphatic carbocycles. The molecule has 0 unspecified atom stereocenters. The SMILES string of the molecule is Cc1cc(N2CCN(C=O)CC2)nc(Nc2cc(C)on2)n1. The normalized spacial score (nSPS) is 15.0. The summed E-state index contributed by atoms with van der Waals surface area (Å²) in [5.74, 6) is 2.64. The van der Waals surface area contributed by atoms with E-state index >= 15 is 0 Å². The van der Waals surface area contributed by atoms with Crippen molar-refractivity contribution in [3.8, 4) is 0 Å². The first-order valence-corrected chi connectivity index (χ1v) is 7.14. The van der Waals surface area contributed by atoms with Gasteiger partial charge in [-0.25, -0.2) is 4.98 Å². The van der Waals surface area contributed by atoms with E-state index in [0.717, 1.165) is 36.8 Å². The van der Waals surface area contributed by atoms with Crippen molar-refractivity contribution in [3.05, 3.63) is 23.6 Å². The predicted molar refractivity (Wildman–Crippen MR) is 81.1 cm³/mol. The van der Waals surface area contributed by atoms with Gasteiger partial charge in [0.15, 0.2) is 5.82 Å². The van der Waals surface area contributed by atoms with Gasteiger partial charge in [0.25, 0.3) is 0 Å². The Morgan fingerprint density at radius 2 is 1.95 bits per heavy atom. The summed E-state index contributed by atoms with van der Waals surface area (Å²) in [6, 6.07) is 3.73. The Labute approximate surface area is 128 Å². The zero-order valence-corrected chi connectivity index (χ0v) is 12.6. The summed E-state index contributed by atoms with van der Waals surface area (Å²) in [6.45, 7) is 6.68. The van der Waals surface area contributed by atoms with Gasteiger partial charge in [0.1, 0.15) is 11.6 Å². The summed E-state index contributed by atoms with van der Waals surface area (Å²) in [5.41, 5.74) is 0.866. The van der Waals surface area contributed by atoms with E-state index in [2.05, 4.69) is 25.3 Å². The van der Waals surface area contributed by atoms with Crippen LogP contribution in [0, 0.1) is 13.8 Å². The fourth-order valence-electron chi connectivity index (χ4n) is 2.37. The standard InChI is InChI=1S/C14H18N6O2/c1-10-7-13(20-5-3-19(9-21)4-6-20)17-14(15-10)16-12-8-11(2)22-18-12/h7-9H,3-6H2,1-2H3,(H,15,16,17,18). The summed E-state index contributed by atoms with van der Waals surface area (Å²) >= 11 is 0. The molecule has 2 aromatic heterocycles. The number of nitrogens with one attached hydrogen (secondary N) is 1. The van der Waals surface area contributed by atoms with Crippen LogP contribution in [0.15, 0.2) is 16.7 Å². The second kappa shape index (κ2) is 6.00. The van der Waals surface area contributed by atoms with Gasteiger partial charge in [-0.3, -0.25) is 4.79 Å². The highest BCUT2D eigenvalue weighted by atomic mass is 16.5. The molecule has 0 aromatic carbocycles. The van der Waals surface area contributed by atoms with Crippen molar-refractivity contribution in [1.82, 2.24) is 20.0 Å². The summed E-state index contributed by atoms with van der Waals surface area (Å²) in [7, 11) is 0. The molecule has 1 saturated heterocycles. The molecular weight excluding hydrogens is 284 g/mol. The number of aromatic nitrogens is 3. The lowest BCUT2D eigenvalue weighted by Gasteiger charge is -2.33. The van der Waals surface area contributed by atoms with Crippen LogP contribution >= 0.6 is 0 Å². The maximum atomic E-state index is 10.8. The monoisotopic (exact) mass is 302 g/mol. The molecule has 3 heterocycles. The molecule has 0 radical (unpaired) electrons. The molecule has 1 fully saturated rings. The molecule has 0 saturated carbocycles. The highest BCUT2D eigenvalue weighted by molar-refractivity contribution is 5.53. The topological polar surface area (TPSA) is 87.4 Å². The maximum absolute atomic E-state index is 10.8. The van der Waals surface area contributed by atoms with Crippen molar-refractivity contribution in [2.24, 2.45) is 0 Å². The minimum atomic E-state index is 0.487. The maximum Gasteiger partial charge on any atom is 0.230 e. The van der Waals surface area contributed by atoms with Gasteiger partial charge in [-0.05, 0) is 13.8 Å². The Morgan fingerprint density at radius 3 is 2.59 bits per heavy atom. The number of carbonyl (C=O) groups excluding carboxylic acids is 1. The van der Waals surface area contributed by atoms with Crippen molar-refractivity contribution < 1.29 is 9.32 Å². The van der Waals surface area contributed by atoms with Crippen molar-refractivity contribution in [1.29, 1.82) is 0 Å². The van der Waals surface area contributed by atoms with Gasteiger partial charge in [0.05, 0.1) is 0 Å². The molecule has 3 rings (SSSR count). The average Bonchev–Trinajstić information content (AvgIpc) is 2.92. The molecule has 116 valence electrons. The molecule has 22 heavy (non-hydrogen) atoms. The van der Waals surface area contributed by atoms with Crippen LogP contribution < -0.4 is 10.2 Å². The highest BCUT2D eigenvalue weighted by Gasteiger charge is 2.18. The zero-order valence-electron chi connectivity index (χ0n) is 12.6. The Kier molecular flexibility index (Phi) is 3.90. The van der Waals surface area contributed by atoms with E-state index < -0.39 is 0 Å². The molecule has 2 aromatic rings. The molecule has 1 aliphatic rings. The number of nitrogens with zero attached hydrogens (tertiary/aromatic N) is 5. The first-order valence-electron chi connectivity index (χ1n) is 7.14. The molecule has 1 N–H and O–H groups in total. The third kappa shape index (κ3) is 3.16. The molecule has 0 atom stereocenters. The van der Waals surface area contributed by atoms with Gasteiger partial charge < -0.3 is 19.6 Å². The van der Waals surface area contributed by atoms with E-state index in [1.807, 2.05) is 19.9 Å². The Balaban J connectivity index is 1.76. The van der Waals surface area contributed by atoms with Crippen LogP contribution in [-0.2, 0) is 4.79 Å². The molecule has 8 heteroatoms. The molecule has 0 bridgehead atoms. The summed E-state index contributed by atoms with van der Waals surface area (Å²) in [5, 5.41) is 6.92. The third-order valence-electron chi connectivity index (χ3n) is 3.50. The first kappa shape index (κ1) is 14.3. The number of rotatable bonds is 4. The van der Waals surface area contributed by atoms with Crippen LogP contribution in [0.3, 0.4) is 0 Å². The fraction of sp³-hybridized carbons (Fsp3) is 0.429. The minimum absolute atomic E-state index is 0.487. The first-order chi connectivity index (χ1) is 10.6. The number of hydrogen-bond acceptors (Lipinski definition) is 7. The largest absolute Gasteiger partial charge is 0.360 e. The van der Waals surface area contributed by atoms with E-state index in [9.17, 15) is 4.79 Å². The fourth-order valence-corrected chi connectivity index (χ4v) is 2.37. The Hall–Kier alpha value is -2.64. The van der Waals surface area contributed by atoms with Crippen molar-refractivity contribution in [3.63, 3.8) is 0 Å². The van der Waals surface area contributed by atoms with Crippen molar-refractivity contribution >= 4 is 24.0 Å². The van der Waals surface area contributed by atoms with Gasteiger partial charge >= 0.3 is 0 Å². The smallest absolute Gasteiger partial charge is 0.230 e. The second-order valence-electron chi connectivity index (χ2n) is 5.27. The van der Waals surface area contributed by atoms with Gasteiger partial charge in [-0.2, -0.15) is 4.98 Å². The van der Waals surface area contributed by atoms with Gasteiger partial charge in [-0.1, -0.05) is 5.16 Å². The molecular formula is C14H18N6O2. The third-order valence-corrected chi connectivity index (χ3v) is 3.50. The predicted octanol–water partition coefficient (Wildman–Crippen LogP) is 1.10. The zero-order chi connectivity index (χ0) is 15.5. The minimum Gasteiger partial charge on any atom is -0.360 e. The molecule has 0 spiro atoms. The van der Waals surface area contributed by atoms with Crippen molar-refractivity contribution in [2.45, 2.75) is 13.8 Å². The van der Waals surface area contributed by atoms with E-state index in [4.69, 9.17) is 4.52 Å². The number of piperazine rings is 1. The van der Waals surface area contributed by atoms with Gasteiger partial charge in [0, 0.05) is 44.0 Å². The number of anilines is 3. The number of carbonyl (C=O) groups is 1. The lowest BCUT2D eigenvalue weighted by Crippen LogP contribution is -2.46. The van der Waals surface area contributed by atoms with Crippen LogP contribution in [0.4, 0.5) is 17.6 Å². The second-order valence-corrected chi connectivity index (χ2v) is 5.27.